The lowest BCUT2D eigenvalue weighted by Crippen LogP contribution is -2.30. The van der Waals surface area contributed by atoms with Crippen LogP contribution in [0.25, 0.3) is 0 Å². The summed E-state index contributed by atoms with van der Waals surface area (Å²) < 4.78 is 34.9. The van der Waals surface area contributed by atoms with Crippen LogP contribution in [-0.4, -0.2) is 39.2 Å². The van der Waals surface area contributed by atoms with E-state index < -0.39 is 16.1 Å². The summed E-state index contributed by atoms with van der Waals surface area (Å²) in [4.78, 5) is 22.9. The Balaban J connectivity index is 1.97. The molecule has 2 rings (SSSR count). The number of methoxy groups -OCH3 is 1. The van der Waals surface area contributed by atoms with Gasteiger partial charge in [0.05, 0.1) is 12.0 Å². The molecule has 0 unspecified atom stereocenters. The predicted octanol–water partition coefficient (Wildman–Crippen LogP) is 1.00. The molecule has 0 atom stereocenters. The van der Waals surface area contributed by atoms with Crippen molar-refractivity contribution in [2.24, 2.45) is 0 Å². The first-order valence-corrected chi connectivity index (χ1v) is 8.71. The molecule has 134 valence electrons. The molecule has 1 aromatic heterocycles. The van der Waals surface area contributed by atoms with E-state index in [1.54, 1.807) is 23.8 Å². The number of carbonyl (C=O) groups is 2. The van der Waals surface area contributed by atoms with Crippen LogP contribution in [0.3, 0.4) is 0 Å². The van der Waals surface area contributed by atoms with E-state index >= 15 is 0 Å². The fraction of sp³-hybridized carbons (Fsp3) is 0.267. The number of hydrogen-bond donors (Lipinski definition) is 2. The van der Waals surface area contributed by atoms with Crippen molar-refractivity contribution in [2.45, 2.75) is 18.2 Å². The van der Waals surface area contributed by atoms with Gasteiger partial charge in [0.2, 0.25) is 0 Å². The van der Waals surface area contributed by atoms with Gasteiger partial charge in [-0.1, -0.05) is 17.3 Å². The molecular weight excluding hydrogens is 350 g/mol. The largest absolute Gasteiger partial charge is 0.452 e. The molecule has 2 amide bonds. The van der Waals surface area contributed by atoms with E-state index in [1.165, 1.54) is 18.2 Å². The summed E-state index contributed by atoms with van der Waals surface area (Å²) in [5.41, 5.74) is 0.848. The Morgan fingerprint density at radius 2 is 2.04 bits per heavy atom. The van der Waals surface area contributed by atoms with Gasteiger partial charge in [-0.2, -0.15) is 0 Å². The summed E-state index contributed by atoms with van der Waals surface area (Å²) >= 11 is 0. The van der Waals surface area contributed by atoms with Gasteiger partial charge >= 0.3 is 6.09 Å². The SMILES string of the molecule is COC(=O)NS(=O)(=O)c1cccc(CCNC(=O)c2cc(C)on2)c1. The molecule has 2 aromatic rings. The monoisotopic (exact) mass is 367 g/mol. The van der Waals surface area contributed by atoms with Gasteiger partial charge in [0.25, 0.3) is 15.9 Å². The lowest BCUT2D eigenvalue weighted by Gasteiger charge is -2.08. The number of benzene rings is 1. The van der Waals surface area contributed by atoms with Crippen molar-refractivity contribution in [2.75, 3.05) is 13.7 Å². The van der Waals surface area contributed by atoms with E-state index in [0.717, 1.165) is 7.11 Å². The van der Waals surface area contributed by atoms with Crippen LogP contribution in [0, 0.1) is 6.92 Å². The quantitative estimate of drug-likeness (QED) is 0.779. The normalized spacial score (nSPS) is 11.0. The van der Waals surface area contributed by atoms with Crippen molar-refractivity contribution in [1.29, 1.82) is 0 Å². The minimum atomic E-state index is -4.01. The summed E-state index contributed by atoms with van der Waals surface area (Å²) in [5.74, 6) is 0.147. The van der Waals surface area contributed by atoms with E-state index in [1.807, 2.05) is 0 Å². The van der Waals surface area contributed by atoms with Crippen LogP contribution in [0.1, 0.15) is 21.8 Å². The maximum Gasteiger partial charge on any atom is 0.420 e. The minimum Gasteiger partial charge on any atom is -0.452 e. The lowest BCUT2D eigenvalue weighted by molar-refractivity contribution is 0.0945. The second-order valence-electron chi connectivity index (χ2n) is 5.07. The van der Waals surface area contributed by atoms with Gasteiger partial charge < -0.3 is 14.6 Å². The highest BCUT2D eigenvalue weighted by Gasteiger charge is 2.18. The molecule has 1 aromatic carbocycles. The van der Waals surface area contributed by atoms with Crippen LogP contribution in [-0.2, 0) is 21.2 Å². The zero-order valence-corrected chi connectivity index (χ0v) is 14.4. The fourth-order valence-corrected chi connectivity index (χ4v) is 2.95. The molecule has 1 heterocycles. The number of carbonyl (C=O) groups excluding carboxylic acids is 2. The molecule has 0 radical (unpaired) electrons. The Hall–Kier alpha value is -2.88. The Morgan fingerprint density at radius 3 is 2.68 bits per heavy atom. The first kappa shape index (κ1) is 18.5. The average Bonchev–Trinajstić information content (AvgIpc) is 3.01. The number of nitrogens with one attached hydrogen (secondary N) is 2. The molecule has 0 bridgehead atoms. The van der Waals surface area contributed by atoms with Gasteiger partial charge in [0, 0.05) is 12.6 Å². The molecule has 0 aliphatic rings. The van der Waals surface area contributed by atoms with Crippen LogP contribution in [0.4, 0.5) is 4.79 Å². The first-order valence-electron chi connectivity index (χ1n) is 7.23. The Labute approximate surface area is 144 Å². The topological polar surface area (TPSA) is 128 Å². The van der Waals surface area contributed by atoms with Crippen LogP contribution in [0.5, 0.6) is 0 Å². The van der Waals surface area contributed by atoms with E-state index in [0.29, 0.717) is 17.7 Å². The number of ether oxygens (including phenoxy) is 1. The third-order valence-corrected chi connectivity index (χ3v) is 4.48. The van der Waals surface area contributed by atoms with Gasteiger partial charge in [-0.15, -0.1) is 0 Å². The van der Waals surface area contributed by atoms with Crippen molar-refractivity contribution in [3.8, 4) is 0 Å². The molecule has 0 aliphatic carbocycles. The van der Waals surface area contributed by atoms with Crippen molar-refractivity contribution in [3.05, 3.63) is 47.3 Å². The molecule has 9 nitrogen and oxygen atoms in total. The van der Waals surface area contributed by atoms with Gasteiger partial charge in [-0.3, -0.25) is 4.79 Å². The number of aryl methyl sites for hydroxylation is 1. The summed E-state index contributed by atoms with van der Waals surface area (Å²) in [6, 6.07) is 7.54. The molecule has 0 saturated heterocycles. The first-order chi connectivity index (χ1) is 11.8. The molecule has 10 heteroatoms. The second-order valence-corrected chi connectivity index (χ2v) is 6.76. The third-order valence-electron chi connectivity index (χ3n) is 3.17. The Bertz CT molecular complexity index is 875. The number of rotatable bonds is 6. The zero-order chi connectivity index (χ0) is 18.4. The van der Waals surface area contributed by atoms with Crippen LogP contribution < -0.4 is 10.0 Å². The fourth-order valence-electron chi connectivity index (χ4n) is 1.96. The van der Waals surface area contributed by atoms with E-state index in [2.05, 4.69) is 15.2 Å². The van der Waals surface area contributed by atoms with Crippen molar-refractivity contribution in [1.82, 2.24) is 15.2 Å². The molecule has 0 aliphatic heterocycles. The number of amides is 2. The van der Waals surface area contributed by atoms with Gasteiger partial charge in [-0.25, -0.2) is 17.9 Å². The molecule has 0 saturated carbocycles. The number of aromatic nitrogens is 1. The van der Waals surface area contributed by atoms with Crippen LogP contribution in [0.15, 0.2) is 39.8 Å². The molecule has 2 N–H and O–H groups in total. The van der Waals surface area contributed by atoms with E-state index in [-0.39, 0.29) is 23.0 Å². The summed E-state index contributed by atoms with van der Waals surface area (Å²) in [6.07, 6.45) is -0.676. The molecule has 25 heavy (non-hydrogen) atoms. The molecule has 0 spiro atoms. The third kappa shape index (κ3) is 5.05. The number of nitrogens with zero attached hydrogens (tertiary/aromatic N) is 1. The van der Waals surface area contributed by atoms with Gasteiger partial charge in [0.15, 0.2) is 5.69 Å². The van der Waals surface area contributed by atoms with Crippen molar-refractivity contribution < 1.29 is 27.3 Å². The van der Waals surface area contributed by atoms with Gasteiger partial charge in [0.1, 0.15) is 5.76 Å². The summed E-state index contributed by atoms with van der Waals surface area (Å²) in [5, 5.41) is 6.26. The molecular formula is C15H17N3O6S. The highest BCUT2D eigenvalue weighted by Crippen LogP contribution is 2.12. The summed E-state index contributed by atoms with van der Waals surface area (Å²) in [6.45, 7) is 1.96. The predicted molar refractivity (Wildman–Crippen MR) is 86.4 cm³/mol. The van der Waals surface area contributed by atoms with Crippen molar-refractivity contribution >= 4 is 22.0 Å². The highest BCUT2D eigenvalue weighted by molar-refractivity contribution is 7.90. The molecule has 0 fully saturated rings. The summed E-state index contributed by atoms with van der Waals surface area (Å²) in [7, 11) is -2.94. The number of hydrogen-bond acceptors (Lipinski definition) is 7. The van der Waals surface area contributed by atoms with Crippen LogP contribution >= 0.6 is 0 Å². The second kappa shape index (κ2) is 7.79. The van der Waals surface area contributed by atoms with E-state index in [4.69, 9.17) is 4.52 Å². The van der Waals surface area contributed by atoms with Crippen LogP contribution in [0.2, 0.25) is 0 Å². The standard InChI is InChI=1S/C15H17N3O6S/c1-10-8-13(17-24-10)14(19)16-7-6-11-4-3-5-12(9-11)25(21,22)18-15(20)23-2/h3-5,8-9H,6-7H2,1-2H3,(H,16,19)(H,18,20). The minimum absolute atomic E-state index is 0.0751. The average molecular weight is 367 g/mol. The maximum atomic E-state index is 12.0. The Morgan fingerprint density at radius 1 is 1.28 bits per heavy atom. The van der Waals surface area contributed by atoms with Crippen molar-refractivity contribution in [3.63, 3.8) is 0 Å². The maximum absolute atomic E-state index is 12.0. The van der Waals surface area contributed by atoms with E-state index in [9.17, 15) is 18.0 Å². The lowest BCUT2D eigenvalue weighted by atomic mass is 10.1. The zero-order valence-electron chi connectivity index (χ0n) is 13.6. The van der Waals surface area contributed by atoms with Gasteiger partial charge in [-0.05, 0) is 31.0 Å². The smallest absolute Gasteiger partial charge is 0.420 e. The number of sulfonamides is 1. The highest BCUT2D eigenvalue weighted by atomic mass is 32.2. The Kier molecular flexibility index (Phi) is 5.75.